The summed E-state index contributed by atoms with van der Waals surface area (Å²) >= 11 is 0. The first kappa shape index (κ1) is 15.0. The van der Waals surface area contributed by atoms with E-state index in [2.05, 4.69) is 40.1 Å². The fraction of sp³-hybridized carbons (Fsp3) is 0.529. The number of aryl methyl sites for hydroxylation is 2. The predicted octanol–water partition coefficient (Wildman–Crippen LogP) is 2.73. The molecule has 3 rings (SSSR count). The number of hydrogen-bond donors (Lipinski definition) is 2. The summed E-state index contributed by atoms with van der Waals surface area (Å²) in [5.41, 5.74) is 10.3. The number of benzene rings is 1. The Kier molecular flexibility index (Phi) is 4.43. The number of fused-ring (bicyclic) bond motifs is 1. The Bertz CT molecular complexity index is 662. The molecule has 0 aliphatic carbocycles. The van der Waals surface area contributed by atoms with Gasteiger partial charge >= 0.3 is 0 Å². The maximum absolute atomic E-state index is 6.04. The lowest BCUT2D eigenvalue weighted by molar-refractivity contribution is 0.237. The highest BCUT2D eigenvalue weighted by molar-refractivity contribution is 5.81. The molecule has 0 saturated carbocycles. The van der Waals surface area contributed by atoms with Crippen molar-refractivity contribution < 1.29 is 0 Å². The summed E-state index contributed by atoms with van der Waals surface area (Å²) in [6, 6.07) is 4.12. The van der Waals surface area contributed by atoms with E-state index in [0.717, 1.165) is 24.1 Å². The van der Waals surface area contributed by atoms with Crippen LogP contribution in [0, 0.1) is 13.8 Å². The number of piperidine rings is 1. The lowest BCUT2D eigenvalue weighted by atomic mass is 10.1. The van der Waals surface area contributed by atoms with Gasteiger partial charge in [0, 0.05) is 13.1 Å². The zero-order valence-electron chi connectivity index (χ0n) is 13.5. The molecule has 118 valence electrons. The molecular formula is C17H25N5. The number of hydrogen-bond acceptors (Lipinski definition) is 5. The van der Waals surface area contributed by atoms with Gasteiger partial charge in [-0.3, -0.25) is 0 Å². The molecule has 5 heteroatoms. The maximum Gasteiger partial charge on any atom is 0.169 e. The summed E-state index contributed by atoms with van der Waals surface area (Å²) < 4.78 is 0. The third kappa shape index (κ3) is 3.30. The fourth-order valence-corrected chi connectivity index (χ4v) is 2.97. The van der Waals surface area contributed by atoms with Crippen LogP contribution in [0.4, 0.5) is 11.6 Å². The molecule has 2 heterocycles. The lowest BCUT2D eigenvalue weighted by Gasteiger charge is -2.26. The average Bonchev–Trinajstić information content (AvgIpc) is 2.51. The van der Waals surface area contributed by atoms with Crippen LogP contribution < -0.4 is 11.1 Å². The van der Waals surface area contributed by atoms with Gasteiger partial charge in [0.05, 0.1) is 11.0 Å². The number of rotatable bonds is 4. The van der Waals surface area contributed by atoms with E-state index in [1.807, 2.05) is 6.07 Å². The standard InChI is InChI=1S/C17H25N5/c1-12-10-14-15(11-13(12)2)21-17(16(18)20-14)19-6-9-22-7-4-3-5-8-22/h10-11H,3-9H2,1-2H3,(H2,18,20)(H,19,21). The molecule has 1 aromatic carbocycles. The molecule has 2 aromatic rings. The summed E-state index contributed by atoms with van der Waals surface area (Å²) in [6.07, 6.45) is 4.00. The average molecular weight is 299 g/mol. The highest BCUT2D eigenvalue weighted by Crippen LogP contribution is 2.21. The fourth-order valence-electron chi connectivity index (χ4n) is 2.97. The van der Waals surface area contributed by atoms with Gasteiger partial charge in [-0.1, -0.05) is 6.42 Å². The molecule has 0 unspecified atom stereocenters. The first-order valence-corrected chi connectivity index (χ1v) is 8.14. The van der Waals surface area contributed by atoms with Crippen LogP contribution in [0.5, 0.6) is 0 Å². The number of anilines is 2. The molecule has 1 saturated heterocycles. The van der Waals surface area contributed by atoms with Crippen molar-refractivity contribution in [3.05, 3.63) is 23.3 Å². The SMILES string of the molecule is Cc1cc2nc(N)c(NCCN3CCCCC3)nc2cc1C. The van der Waals surface area contributed by atoms with E-state index < -0.39 is 0 Å². The van der Waals surface area contributed by atoms with Crippen LogP contribution in [0.3, 0.4) is 0 Å². The summed E-state index contributed by atoms with van der Waals surface area (Å²) in [5, 5.41) is 3.35. The zero-order valence-corrected chi connectivity index (χ0v) is 13.5. The number of nitrogens with zero attached hydrogens (tertiary/aromatic N) is 3. The normalized spacial score (nSPS) is 16.1. The Labute approximate surface area is 131 Å². The Hall–Kier alpha value is -1.88. The number of nitrogens with two attached hydrogens (primary N) is 1. The van der Waals surface area contributed by atoms with Gasteiger partial charge in [-0.25, -0.2) is 9.97 Å². The Morgan fingerprint density at radius 1 is 1.05 bits per heavy atom. The molecule has 0 radical (unpaired) electrons. The highest BCUT2D eigenvalue weighted by Gasteiger charge is 2.11. The van der Waals surface area contributed by atoms with Crippen LogP contribution in [0.15, 0.2) is 12.1 Å². The van der Waals surface area contributed by atoms with Crippen molar-refractivity contribution in [2.45, 2.75) is 33.1 Å². The monoisotopic (exact) mass is 299 g/mol. The van der Waals surface area contributed by atoms with E-state index in [1.165, 1.54) is 43.5 Å². The maximum atomic E-state index is 6.04. The van der Waals surface area contributed by atoms with Crippen LogP contribution in [-0.4, -0.2) is 41.0 Å². The van der Waals surface area contributed by atoms with Crippen molar-refractivity contribution in [2.24, 2.45) is 0 Å². The highest BCUT2D eigenvalue weighted by atomic mass is 15.2. The van der Waals surface area contributed by atoms with E-state index in [4.69, 9.17) is 5.73 Å². The molecule has 0 atom stereocenters. The number of likely N-dealkylation sites (tertiary alicyclic amines) is 1. The van der Waals surface area contributed by atoms with Crippen molar-refractivity contribution in [3.8, 4) is 0 Å². The zero-order chi connectivity index (χ0) is 15.5. The van der Waals surface area contributed by atoms with Crippen molar-refractivity contribution in [3.63, 3.8) is 0 Å². The van der Waals surface area contributed by atoms with Gasteiger partial charge in [0.15, 0.2) is 11.6 Å². The predicted molar refractivity (Wildman–Crippen MR) is 92.2 cm³/mol. The Balaban J connectivity index is 1.70. The quantitative estimate of drug-likeness (QED) is 0.908. The third-order valence-corrected chi connectivity index (χ3v) is 4.48. The Morgan fingerprint density at radius 2 is 1.68 bits per heavy atom. The van der Waals surface area contributed by atoms with E-state index in [1.54, 1.807) is 0 Å². The summed E-state index contributed by atoms with van der Waals surface area (Å²) in [6.45, 7) is 8.48. The lowest BCUT2D eigenvalue weighted by Crippen LogP contribution is -2.33. The van der Waals surface area contributed by atoms with Crippen molar-refractivity contribution in [1.29, 1.82) is 0 Å². The second-order valence-electron chi connectivity index (χ2n) is 6.21. The van der Waals surface area contributed by atoms with Gasteiger partial charge in [-0.15, -0.1) is 0 Å². The van der Waals surface area contributed by atoms with Crippen LogP contribution >= 0.6 is 0 Å². The summed E-state index contributed by atoms with van der Waals surface area (Å²) in [5.74, 6) is 1.18. The van der Waals surface area contributed by atoms with Crippen molar-refractivity contribution in [1.82, 2.24) is 14.9 Å². The molecule has 0 spiro atoms. The molecular weight excluding hydrogens is 274 g/mol. The molecule has 1 aromatic heterocycles. The minimum Gasteiger partial charge on any atom is -0.381 e. The van der Waals surface area contributed by atoms with Gasteiger partial charge in [0.1, 0.15) is 0 Å². The second-order valence-corrected chi connectivity index (χ2v) is 6.21. The molecule has 0 bridgehead atoms. The molecule has 1 aliphatic heterocycles. The molecule has 22 heavy (non-hydrogen) atoms. The largest absolute Gasteiger partial charge is 0.381 e. The van der Waals surface area contributed by atoms with Gasteiger partial charge in [-0.2, -0.15) is 0 Å². The van der Waals surface area contributed by atoms with Gasteiger partial charge < -0.3 is 16.0 Å². The minimum atomic E-state index is 0.481. The summed E-state index contributed by atoms with van der Waals surface area (Å²) in [7, 11) is 0. The first-order valence-electron chi connectivity index (χ1n) is 8.14. The molecule has 5 nitrogen and oxygen atoms in total. The van der Waals surface area contributed by atoms with E-state index >= 15 is 0 Å². The van der Waals surface area contributed by atoms with Gasteiger partial charge in [0.2, 0.25) is 0 Å². The second kappa shape index (κ2) is 6.48. The molecule has 1 fully saturated rings. The Morgan fingerprint density at radius 3 is 2.36 bits per heavy atom. The van der Waals surface area contributed by atoms with Gasteiger partial charge in [0.25, 0.3) is 0 Å². The van der Waals surface area contributed by atoms with Crippen LogP contribution in [0.1, 0.15) is 30.4 Å². The number of nitrogens with one attached hydrogen (secondary N) is 1. The molecule has 1 aliphatic rings. The van der Waals surface area contributed by atoms with Gasteiger partial charge in [-0.05, 0) is 63.0 Å². The van der Waals surface area contributed by atoms with E-state index in [0.29, 0.717) is 11.6 Å². The first-order chi connectivity index (χ1) is 10.6. The van der Waals surface area contributed by atoms with E-state index in [-0.39, 0.29) is 0 Å². The van der Waals surface area contributed by atoms with Crippen LogP contribution in [0.25, 0.3) is 11.0 Å². The van der Waals surface area contributed by atoms with Crippen LogP contribution in [-0.2, 0) is 0 Å². The van der Waals surface area contributed by atoms with Crippen molar-refractivity contribution in [2.75, 3.05) is 37.2 Å². The topological polar surface area (TPSA) is 67.1 Å². The van der Waals surface area contributed by atoms with Crippen LogP contribution in [0.2, 0.25) is 0 Å². The van der Waals surface area contributed by atoms with Crippen molar-refractivity contribution >= 4 is 22.7 Å². The van der Waals surface area contributed by atoms with E-state index in [9.17, 15) is 0 Å². The molecule has 3 N–H and O–H groups in total. The number of nitrogen functional groups attached to an aromatic ring is 1. The third-order valence-electron chi connectivity index (χ3n) is 4.48. The summed E-state index contributed by atoms with van der Waals surface area (Å²) in [4.78, 5) is 11.6. The number of aromatic nitrogens is 2. The molecule has 0 amide bonds. The smallest absolute Gasteiger partial charge is 0.169 e. The minimum absolute atomic E-state index is 0.481.